The molecule has 0 bridgehead atoms. The number of benzene rings is 2. The second-order valence-corrected chi connectivity index (χ2v) is 9.19. The Morgan fingerprint density at radius 1 is 1.09 bits per heavy atom. The predicted octanol–water partition coefficient (Wildman–Crippen LogP) is 4.70. The number of non-ortho nitro benzene ring substituents is 1. The molecule has 8 nitrogen and oxygen atoms in total. The molecule has 0 spiro atoms. The third kappa shape index (κ3) is 5.59. The van der Waals surface area contributed by atoms with Gasteiger partial charge in [-0.3, -0.25) is 14.9 Å². The summed E-state index contributed by atoms with van der Waals surface area (Å²) in [5.74, 6) is 2.53. The van der Waals surface area contributed by atoms with Gasteiger partial charge in [-0.15, -0.1) is 11.8 Å². The Morgan fingerprint density at radius 2 is 1.76 bits per heavy atom. The third-order valence-corrected chi connectivity index (χ3v) is 6.95. The first-order valence-corrected chi connectivity index (χ1v) is 12.5. The number of nitro groups is 1. The zero-order valence-corrected chi connectivity index (χ0v) is 20.2. The molecule has 0 saturated carbocycles. The van der Waals surface area contributed by atoms with Crippen molar-refractivity contribution < 1.29 is 14.1 Å². The van der Waals surface area contributed by atoms with Gasteiger partial charge in [-0.25, -0.2) is 4.98 Å². The highest BCUT2D eigenvalue weighted by Gasteiger charge is 2.22. The lowest BCUT2D eigenvalue weighted by molar-refractivity contribution is -0.384. The molecule has 0 aliphatic carbocycles. The van der Waals surface area contributed by atoms with Crippen LogP contribution in [0.3, 0.4) is 0 Å². The maximum Gasteiger partial charge on any atom is 0.269 e. The largest absolute Gasteiger partial charge is 0.441 e. The zero-order chi connectivity index (χ0) is 24.1. The summed E-state index contributed by atoms with van der Waals surface area (Å²) in [5, 5.41) is 10.8. The van der Waals surface area contributed by atoms with E-state index in [0.29, 0.717) is 43.6 Å². The molecule has 178 valence electrons. The molecule has 1 amide bonds. The number of hydrogen-bond acceptors (Lipinski definition) is 7. The third-order valence-electron chi connectivity index (χ3n) is 6.02. The molecule has 1 aliphatic heterocycles. The van der Waals surface area contributed by atoms with Crippen molar-refractivity contribution in [1.82, 2.24) is 9.88 Å². The number of nitro benzene ring substituents is 1. The van der Waals surface area contributed by atoms with E-state index in [1.165, 1.54) is 17.7 Å². The highest BCUT2D eigenvalue weighted by Crippen LogP contribution is 2.25. The van der Waals surface area contributed by atoms with Gasteiger partial charge in [0.1, 0.15) is 5.76 Å². The number of piperazine rings is 1. The number of carbonyl (C=O) groups excluding carboxylic acids is 1. The quantitative estimate of drug-likeness (QED) is 0.341. The SMILES string of the molecule is CCc1ccc(-c2nc(CSCC(=O)N3CCN(c4ccc([N+](=O)[O-])cc4)CC3)c(C)o2)cc1. The fourth-order valence-electron chi connectivity index (χ4n) is 3.89. The van der Waals surface area contributed by atoms with Gasteiger partial charge < -0.3 is 14.2 Å². The van der Waals surface area contributed by atoms with Gasteiger partial charge in [0, 0.05) is 55.3 Å². The second kappa shape index (κ2) is 10.7. The molecule has 1 aromatic heterocycles. The molecule has 1 fully saturated rings. The molecule has 1 saturated heterocycles. The van der Waals surface area contributed by atoms with Crippen LogP contribution in [0.15, 0.2) is 52.9 Å². The summed E-state index contributed by atoms with van der Waals surface area (Å²) in [5.41, 5.74) is 4.12. The number of oxazole rings is 1. The fourth-order valence-corrected chi connectivity index (χ4v) is 4.81. The maximum absolute atomic E-state index is 12.7. The fraction of sp³-hybridized carbons (Fsp3) is 0.360. The normalized spacial score (nSPS) is 13.8. The average Bonchev–Trinajstić information content (AvgIpc) is 3.24. The monoisotopic (exact) mass is 480 g/mol. The molecular weight excluding hydrogens is 452 g/mol. The molecule has 4 rings (SSSR count). The van der Waals surface area contributed by atoms with Crippen LogP contribution in [-0.4, -0.2) is 52.6 Å². The standard InChI is InChI=1S/C25H28N4O4S/c1-3-19-4-6-20(7-5-19)25-26-23(18(2)33-25)16-34-17-24(30)28-14-12-27(13-15-28)21-8-10-22(11-9-21)29(31)32/h4-11H,3,12-17H2,1-2H3. The lowest BCUT2D eigenvalue weighted by Crippen LogP contribution is -2.49. The molecule has 2 heterocycles. The number of carbonyl (C=O) groups is 1. The van der Waals surface area contributed by atoms with Gasteiger partial charge in [0.2, 0.25) is 11.8 Å². The van der Waals surface area contributed by atoms with Crippen molar-refractivity contribution in [3.8, 4) is 11.5 Å². The minimum absolute atomic E-state index is 0.0819. The molecule has 9 heteroatoms. The minimum atomic E-state index is -0.400. The van der Waals surface area contributed by atoms with Gasteiger partial charge in [-0.05, 0) is 43.2 Å². The second-order valence-electron chi connectivity index (χ2n) is 8.21. The van der Waals surface area contributed by atoms with Crippen LogP contribution < -0.4 is 4.90 Å². The van der Waals surface area contributed by atoms with Gasteiger partial charge in [0.15, 0.2) is 0 Å². The Hall–Kier alpha value is -3.33. The summed E-state index contributed by atoms with van der Waals surface area (Å²) < 4.78 is 5.86. The first-order valence-electron chi connectivity index (χ1n) is 11.3. The first kappa shape index (κ1) is 23.8. The van der Waals surface area contributed by atoms with E-state index in [0.717, 1.165) is 29.1 Å². The number of rotatable bonds is 8. The molecular formula is C25H28N4O4S. The number of hydrogen-bond donors (Lipinski definition) is 0. The van der Waals surface area contributed by atoms with E-state index in [2.05, 4.69) is 28.9 Å². The van der Waals surface area contributed by atoms with E-state index in [9.17, 15) is 14.9 Å². The lowest BCUT2D eigenvalue weighted by Gasteiger charge is -2.36. The Labute approximate surface area is 203 Å². The van der Waals surface area contributed by atoms with Crippen LogP contribution >= 0.6 is 11.8 Å². The molecule has 0 radical (unpaired) electrons. The Bertz CT molecular complexity index is 1140. The van der Waals surface area contributed by atoms with Gasteiger partial charge in [-0.1, -0.05) is 19.1 Å². The van der Waals surface area contributed by atoms with Crippen molar-refractivity contribution in [2.24, 2.45) is 0 Å². The maximum atomic E-state index is 12.7. The van der Waals surface area contributed by atoms with E-state index in [1.807, 2.05) is 24.0 Å². The van der Waals surface area contributed by atoms with Crippen LogP contribution in [-0.2, 0) is 17.0 Å². The summed E-state index contributed by atoms with van der Waals surface area (Å²) >= 11 is 1.55. The number of anilines is 1. The Morgan fingerprint density at radius 3 is 2.38 bits per heavy atom. The summed E-state index contributed by atoms with van der Waals surface area (Å²) in [7, 11) is 0. The van der Waals surface area contributed by atoms with Crippen LogP contribution in [0.5, 0.6) is 0 Å². The van der Waals surface area contributed by atoms with Gasteiger partial charge in [0.25, 0.3) is 5.69 Å². The zero-order valence-electron chi connectivity index (χ0n) is 19.4. The number of aromatic nitrogens is 1. The molecule has 2 aromatic carbocycles. The van der Waals surface area contributed by atoms with Gasteiger partial charge >= 0.3 is 0 Å². The van der Waals surface area contributed by atoms with Crippen LogP contribution in [0.1, 0.15) is 23.9 Å². The van der Waals surface area contributed by atoms with E-state index in [-0.39, 0.29) is 11.6 Å². The van der Waals surface area contributed by atoms with E-state index in [1.54, 1.807) is 23.9 Å². The first-order chi connectivity index (χ1) is 16.4. The smallest absolute Gasteiger partial charge is 0.269 e. The topological polar surface area (TPSA) is 92.7 Å². The van der Waals surface area contributed by atoms with Crippen LogP contribution in [0, 0.1) is 17.0 Å². The van der Waals surface area contributed by atoms with E-state index < -0.39 is 4.92 Å². The average molecular weight is 481 g/mol. The van der Waals surface area contributed by atoms with Crippen molar-refractivity contribution in [3.63, 3.8) is 0 Å². The summed E-state index contributed by atoms with van der Waals surface area (Å²) in [6.45, 7) is 6.72. The van der Waals surface area contributed by atoms with Crippen molar-refractivity contribution in [2.75, 3.05) is 36.8 Å². The number of thioether (sulfide) groups is 1. The summed E-state index contributed by atoms with van der Waals surface area (Å²) in [4.78, 5) is 31.8. The highest BCUT2D eigenvalue weighted by molar-refractivity contribution is 7.99. The molecule has 34 heavy (non-hydrogen) atoms. The highest BCUT2D eigenvalue weighted by atomic mass is 32.2. The van der Waals surface area contributed by atoms with Crippen molar-refractivity contribution in [1.29, 1.82) is 0 Å². The molecule has 0 atom stereocenters. The van der Waals surface area contributed by atoms with Crippen LogP contribution in [0.4, 0.5) is 11.4 Å². The number of amides is 1. The number of nitrogens with zero attached hydrogens (tertiary/aromatic N) is 4. The van der Waals surface area contributed by atoms with Gasteiger partial charge in [-0.2, -0.15) is 0 Å². The summed E-state index contributed by atoms with van der Waals surface area (Å²) in [6.07, 6.45) is 0.993. The van der Waals surface area contributed by atoms with Crippen LogP contribution in [0.25, 0.3) is 11.5 Å². The Kier molecular flexibility index (Phi) is 7.52. The number of aryl methyl sites for hydroxylation is 2. The van der Waals surface area contributed by atoms with Crippen molar-refractivity contribution in [2.45, 2.75) is 26.0 Å². The minimum Gasteiger partial charge on any atom is -0.441 e. The lowest BCUT2D eigenvalue weighted by atomic mass is 10.1. The Balaban J connectivity index is 1.24. The van der Waals surface area contributed by atoms with Gasteiger partial charge in [0.05, 0.1) is 16.4 Å². The van der Waals surface area contributed by atoms with E-state index >= 15 is 0 Å². The predicted molar refractivity (Wildman–Crippen MR) is 134 cm³/mol. The van der Waals surface area contributed by atoms with Crippen molar-refractivity contribution in [3.05, 3.63) is 75.7 Å². The molecule has 0 unspecified atom stereocenters. The molecule has 1 aliphatic rings. The summed E-state index contributed by atoms with van der Waals surface area (Å²) in [6, 6.07) is 14.8. The van der Waals surface area contributed by atoms with Crippen LogP contribution in [0.2, 0.25) is 0 Å². The van der Waals surface area contributed by atoms with Crippen molar-refractivity contribution >= 4 is 29.0 Å². The molecule has 0 N–H and O–H groups in total. The molecule has 3 aromatic rings. The van der Waals surface area contributed by atoms with E-state index in [4.69, 9.17) is 4.42 Å².